The molecular weight excluding hydrogens is 270 g/mol. The Hall–Kier alpha value is -2.37. The van der Waals surface area contributed by atoms with Crippen LogP contribution in [0.1, 0.15) is 12.5 Å². The smallest absolute Gasteiger partial charge is 0.318 e. The van der Waals surface area contributed by atoms with Gasteiger partial charge in [-0.25, -0.2) is 4.79 Å². The first-order valence-corrected chi connectivity index (χ1v) is 6.94. The van der Waals surface area contributed by atoms with Gasteiger partial charge in [-0.15, -0.1) is 0 Å². The molecule has 1 aromatic rings. The largest absolute Gasteiger partial charge is 0.327 e. The molecule has 1 fully saturated rings. The molecule has 2 heterocycles. The number of urea groups is 1. The number of anilines is 1. The zero-order chi connectivity index (χ0) is 15.1. The summed E-state index contributed by atoms with van der Waals surface area (Å²) in [5.74, 6) is -0.541. The van der Waals surface area contributed by atoms with Gasteiger partial charge >= 0.3 is 6.03 Å². The minimum absolute atomic E-state index is 0.0399. The number of carbonyl (C=O) groups is 3. The number of rotatable bonds is 2. The van der Waals surface area contributed by atoms with E-state index in [4.69, 9.17) is 0 Å². The number of hydrogen-bond acceptors (Lipinski definition) is 3. The number of imide groups is 1. The first-order chi connectivity index (χ1) is 9.99. The van der Waals surface area contributed by atoms with Gasteiger partial charge in [-0.2, -0.15) is 0 Å². The van der Waals surface area contributed by atoms with Gasteiger partial charge in [0.2, 0.25) is 5.91 Å². The standard InChI is InChI=1S/C15H17N3O3/c1-10-7-11-5-3-4-6-12(11)18(10)14(20)9-17-13(19)8-16(2)15(17)21/h3-6,10H,7-9H2,1-2H3/t10-/m0/s1. The molecule has 0 spiro atoms. The van der Waals surface area contributed by atoms with E-state index < -0.39 is 6.03 Å². The van der Waals surface area contributed by atoms with Crippen molar-refractivity contribution in [1.29, 1.82) is 0 Å². The van der Waals surface area contributed by atoms with Crippen molar-refractivity contribution in [3.63, 3.8) is 0 Å². The summed E-state index contributed by atoms with van der Waals surface area (Å²) in [6.45, 7) is 1.82. The molecule has 0 bridgehead atoms. The highest BCUT2D eigenvalue weighted by molar-refractivity contribution is 6.07. The minimum atomic E-state index is -0.409. The van der Waals surface area contributed by atoms with Crippen LogP contribution in [-0.2, 0) is 16.0 Å². The maximum Gasteiger partial charge on any atom is 0.327 e. The summed E-state index contributed by atoms with van der Waals surface area (Å²) in [7, 11) is 1.55. The van der Waals surface area contributed by atoms with Crippen LogP contribution in [0, 0.1) is 0 Å². The number of nitrogens with zero attached hydrogens (tertiary/aromatic N) is 3. The Morgan fingerprint density at radius 3 is 2.67 bits per heavy atom. The van der Waals surface area contributed by atoms with Crippen molar-refractivity contribution in [2.24, 2.45) is 0 Å². The molecule has 110 valence electrons. The van der Waals surface area contributed by atoms with Crippen molar-refractivity contribution in [2.75, 3.05) is 25.0 Å². The van der Waals surface area contributed by atoms with E-state index >= 15 is 0 Å². The van der Waals surface area contributed by atoms with E-state index in [1.54, 1.807) is 11.9 Å². The Morgan fingerprint density at radius 1 is 1.29 bits per heavy atom. The van der Waals surface area contributed by atoms with Gasteiger partial charge in [0.1, 0.15) is 13.1 Å². The summed E-state index contributed by atoms with van der Waals surface area (Å²) in [4.78, 5) is 40.2. The van der Waals surface area contributed by atoms with E-state index in [0.717, 1.165) is 22.6 Å². The van der Waals surface area contributed by atoms with Crippen molar-refractivity contribution < 1.29 is 14.4 Å². The van der Waals surface area contributed by atoms with Crippen LogP contribution in [0.5, 0.6) is 0 Å². The molecule has 0 N–H and O–H groups in total. The second-order valence-electron chi connectivity index (χ2n) is 5.56. The first-order valence-electron chi connectivity index (χ1n) is 6.94. The number of hydrogen-bond donors (Lipinski definition) is 0. The fourth-order valence-electron chi connectivity index (χ4n) is 2.98. The maximum atomic E-state index is 12.5. The third kappa shape index (κ3) is 2.16. The summed E-state index contributed by atoms with van der Waals surface area (Å²) < 4.78 is 0. The maximum absolute atomic E-state index is 12.5. The second kappa shape index (κ2) is 4.87. The summed E-state index contributed by atoms with van der Waals surface area (Å²) >= 11 is 0. The lowest BCUT2D eigenvalue weighted by atomic mass is 10.1. The molecule has 1 saturated heterocycles. The predicted octanol–water partition coefficient (Wildman–Crippen LogP) is 0.858. The topological polar surface area (TPSA) is 60.9 Å². The Kier molecular flexibility index (Phi) is 3.16. The Balaban J connectivity index is 1.80. The van der Waals surface area contributed by atoms with Gasteiger partial charge in [-0.3, -0.25) is 14.5 Å². The minimum Gasteiger partial charge on any atom is -0.318 e. The highest BCUT2D eigenvalue weighted by atomic mass is 16.2. The van der Waals surface area contributed by atoms with Crippen molar-refractivity contribution in [3.05, 3.63) is 29.8 Å². The second-order valence-corrected chi connectivity index (χ2v) is 5.56. The molecule has 4 amide bonds. The van der Waals surface area contributed by atoms with Crippen LogP contribution < -0.4 is 4.90 Å². The van der Waals surface area contributed by atoms with E-state index in [1.165, 1.54) is 4.90 Å². The summed E-state index contributed by atoms with van der Waals surface area (Å²) in [6.07, 6.45) is 0.795. The highest BCUT2D eigenvalue weighted by Crippen LogP contribution is 2.32. The molecule has 6 heteroatoms. The number of amides is 4. The fourth-order valence-corrected chi connectivity index (χ4v) is 2.98. The quantitative estimate of drug-likeness (QED) is 0.758. The molecule has 21 heavy (non-hydrogen) atoms. The number of carbonyl (C=O) groups excluding carboxylic acids is 3. The van der Waals surface area contributed by atoms with Crippen LogP contribution in [0.2, 0.25) is 0 Å². The van der Waals surface area contributed by atoms with Gasteiger partial charge in [0.25, 0.3) is 5.91 Å². The molecule has 2 aliphatic heterocycles. The molecule has 3 rings (SSSR count). The molecule has 1 atom stereocenters. The van der Waals surface area contributed by atoms with E-state index in [-0.39, 0.29) is 30.9 Å². The van der Waals surface area contributed by atoms with Gasteiger partial charge < -0.3 is 9.80 Å². The normalized spacial score (nSPS) is 21.2. The van der Waals surface area contributed by atoms with Crippen LogP contribution in [0.3, 0.4) is 0 Å². The van der Waals surface area contributed by atoms with Crippen LogP contribution in [-0.4, -0.2) is 53.8 Å². The van der Waals surface area contributed by atoms with E-state index in [1.807, 2.05) is 31.2 Å². The summed E-state index contributed by atoms with van der Waals surface area (Å²) in [5.41, 5.74) is 2.00. The molecule has 0 radical (unpaired) electrons. The van der Waals surface area contributed by atoms with E-state index in [2.05, 4.69) is 0 Å². The molecule has 6 nitrogen and oxygen atoms in total. The lowest BCUT2D eigenvalue weighted by Gasteiger charge is -2.24. The third-order valence-electron chi connectivity index (χ3n) is 4.00. The van der Waals surface area contributed by atoms with Crippen LogP contribution in [0.25, 0.3) is 0 Å². The lowest BCUT2D eigenvalue weighted by Crippen LogP contribution is -2.45. The van der Waals surface area contributed by atoms with Crippen molar-refractivity contribution in [1.82, 2.24) is 9.80 Å². The van der Waals surface area contributed by atoms with Crippen LogP contribution >= 0.6 is 0 Å². The van der Waals surface area contributed by atoms with Crippen molar-refractivity contribution >= 4 is 23.5 Å². The van der Waals surface area contributed by atoms with Crippen molar-refractivity contribution in [3.8, 4) is 0 Å². The Labute approximate surface area is 122 Å². The SMILES string of the molecule is C[C@H]1Cc2ccccc2N1C(=O)CN1C(=O)CN(C)C1=O. The van der Waals surface area contributed by atoms with E-state index in [0.29, 0.717) is 0 Å². The lowest BCUT2D eigenvalue weighted by molar-refractivity contribution is -0.129. The van der Waals surface area contributed by atoms with Gasteiger partial charge in [0.15, 0.2) is 0 Å². The first kappa shape index (κ1) is 13.6. The predicted molar refractivity (Wildman–Crippen MR) is 76.8 cm³/mol. The third-order valence-corrected chi connectivity index (χ3v) is 4.00. The van der Waals surface area contributed by atoms with Crippen LogP contribution in [0.4, 0.5) is 10.5 Å². The Morgan fingerprint density at radius 2 is 2.00 bits per heavy atom. The Bertz CT molecular complexity index is 628. The van der Waals surface area contributed by atoms with Gasteiger partial charge in [0.05, 0.1) is 0 Å². The number of benzene rings is 1. The zero-order valence-electron chi connectivity index (χ0n) is 12.1. The molecule has 2 aliphatic rings. The fraction of sp³-hybridized carbons (Fsp3) is 0.400. The van der Waals surface area contributed by atoms with Gasteiger partial charge in [0, 0.05) is 18.8 Å². The van der Waals surface area contributed by atoms with Gasteiger partial charge in [-0.05, 0) is 25.0 Å². The summed E-state index contributed by atoms with van der Waals surface area (Å²) in [6, 6.07) is 7.36. The number of fused-ring (bicyclic) bond motifs is 1. The zero-order valence-corrected chi connectivity index (χ0v) is 12.1. The average Bonchev–Trinajstić information content (AvgIpc) is 2.89. The van der Waals surface area contributed by atoms with Crippen LogP contribution in [0.15, 0.2) is 24.3 Å². The molecule has 0 unspecified atom stereocenters. The molecule has 1 aromatic carbocycles. The summed E-state index contributed by atoms with van der Waals surface area (Å²) in [5, 5.41) is 0. The van der Waals surface area contributed by atoms with Crippen molar-refractivity contribution in [2.45, 2.75) is 19.4 Å². The monoisotopic (exact) mass is 287 g/mol. The molecule has 0 saturated carbocycles. The molecule has 0 aliphatic carbocycles. The van der Waals surface area contributed by atoms with Gasteiger partial charge in [-0.1, -0.05) is 18.2 Å². The average molecular weight is 287 g/mol. The van der Waals surface area contributed by atoms with E-state index in [9.17, 15) is 14.4 Å². The number of likely N-dealkylation sites (N-methyl/N-ethyl adjacent to an activating group) is 1. The highest BCUT2D eigenvalue weighted by Gasteiger charge is 2.38. The molecular formula is C15H17N3O3. The molecule has 0 aromatic heterocycles. The number of para-hydroxylation sites is 1.